The molecule has 1 aliphatic rings. The van der Waals surface area contributed by atoms with Gasteiger partial charge in [-0.05, 0) is 42.0 Å². The zero-order valence-electron chi connectivity index (χ0n) is 11.8. The average Bonchev–Trinajstić information content (AvgIpc) is 3.09. The van der Waals surface area contributed by atoms with Crippen molar-refractivity contribution in [3.63, 3.8) is 0 Å². The van der Waals surface area contributed by atoms with Gasteiger partial charge in [0, 0.05) is 6.04 Å². The smallest absolute Gasteiger partial charge is 0.271 e. The van der Waals surface area contributed by atoms with Crippen molar-refractivity contribution >= 4 is 11.3 Å². The summed E-state index contributed by atoms with van der Waals surface area (Å²) in [7, 11) is 0. The van der Waals surface area contributed by atoms with Crippen molar-refractivity contribution in [3.8, 4) is 10.7 Å². The maximum absolute atomic E-state index is 13.0. The lowest BCUT2D eigenvalue weighted by molar-refractivity contribution is 0.615. The second-order valence-corrected chi connectivity index (χ2v) is 6.42. The van der Waals surface area contributed by atoms with Crippen molar-refractivity contribution in [2.75, 3.05) is 0 Å². The first-order valence-electron chi connectivity index (χ1n) is 7.20. The fraction of sp³-hybridized carbons (Fsp3) is 0.250. The fourth-order valence-corrected chi connectivity index (χ4v) is 3.23. The Morgan fingerprint density at radius 3 is 2.64 bits per heavy atom. The zero-order chi connectivity index (χ0) is 15.1. The summed E-state index contributed by atoms with van der Waals surface area (Å²) in [5.74, 6) is 0.462. The minimum atomic E-state index is -0.279. The van der Waals surface area contributed by atoms with Gasteiger partial charge in [0.1, 0.15) is 5.82 Å². The highest BCUT2D eigenvalue weighted by atomic mass is 32.1. The Morgan fingerprint density at radius 1 is 1.23 bits per heavy atom. The van der Waals surface area contributed by atoms with Gasteiger partial charge in [0.2, 0.25) is 0 Å². The third-order valence-corrected chi connectivity index (χ3v) is 4.64. The largest absolute Gasteiger partial charge is 0.346 e. The highest BCUT2D eigenvalue weighted by Crippen LogP contribution is 2.37. The summed E-state index contributed by atoms with van der Waals surface area (Å²) in [5.41, 5.74) is 0.775. The summed E-state index contributed by atoms with van der Waals surface area (Å²) in [4.78, 5) is 13.6. The van der Waals surface area contributed by atoms with Crippen molar-refractivity contribution in [1.82, 2.24) is 14.3 Å². The standard InChI is InChI=1S/C16H14FN3OS/c17-12-5-3-11(4-6-12)10-19-16(21)20(13-7-8-13)15(18-19)14-2-1-9-22-14/h1-6,9,13H,7-8,10H2. The van der Waals surface area contributed by atoms with E-state index in [9.17, 15) is 9.18 Å². The van der Waals surface area contributed by atoms with Crippen molar-refractivity contribution in [2.45, 2.75) is 25.4 Å². The van der Waals surface area contributed by atoms with Crippen LogP contribution in [0.25, 0.3) is 10.7 Å². The SMILES string of the molecule is O=c1n(Cc2ccc(F)cc2)nc(-c2cccs2)n1C1CC1. The van der Waals surface area contributed by atoms with Crippen molar-refractivity contribution in [1.29, 1.82) is 0 Å². The molecule has 0 saturated heterocycles. The second kappa shape index (κ2) is 5.21. The molecule has 4 rings (SSSR count). The first-order valence-corrected chi connectivity index (χ1v) is 8.08. The Bertz CT molecular complexity index is 845. The van der Waals surface area contributed by atoms with Crippen LogP contribution in [0.5, 0.6) is 0 Å². The predicted molar refractivity (Wildman–Crippen MR) is 83.6 cm³/mol. The van der Waals surface area contributed by atoms with Crippen LogP contribution in [0.15, 0.2) is 46.6 Å². The van der Waals surface area contributed by atoms with E-state index in [1.54, 1.807) is 28.0 Å². The van der Waals surface area contributed by atoms with E-state index < -0.39 is 0 Å². The van der Waals surface area contributed by atoms with Crippen molar-refractivity contribution < 1.29 is 4.39 Å². The minimum absolute atomic E-state index is 0.0878. The van der Waals surface area contributed by atoms with E-state index in [4.69, 9.17) is 0 Å². The molecule has 1 aliphatic carbocycles. The van der Waals surface area contributed by atoms with Gasteiger partial charge in [0.15, 0.2) is 5.82 Å². The molecule has 112 valence electrons. The molecule has 4 nitrogen and oxygen atoms in total. The average molecular weight is 315 g/mol. The highest BCUT2D eigenvalue weighted by molar-refractivity contribution is 7.13. The Labute approximate surface area is 130 Å². The zero-order valence-corrected chi connectivity index (χ0v) is 12.6. The number of benzene rings is 1. The molecular weight excluding hydrogens is 301 g/mol. The maximum atomic E-state index is 13.0. The molecule has 0 unspecified atom stereocenters. The van der Waals surface area contributed by atoms with Crippen LogP contribution < -0.4 is 5.69 Å². The van der Waals surface area contributed by atoms with E-state index >= 15 is 0 Å². The van der Waals surface area contributed by atoms with Crippen LogP contribution in [0.2, 0.25) is 0 Å². The molecule has 0 aliphatic heterocycles. The van der Waals surface area contributed by atoms with E-state index in [1.165, 1.54) is 16.8 Å². The third kappa shape index (κ3) is 2.39. The second-order valence-electron chi connectivity index (χ2n) is 5.47. The number of nitrogens with zero attached hydrogens (tertiary/aromatic N) is 3. The van der Waals surface area contributed by atoms with Gasteiger partial charge in [-0.2, -0.15) is 0 Å². The minimum Gasteiger partial charge on any atom is -0.271 e. The van der Waals surface area contributed by atoms with Crippen molar-refractivity contribution in [3.05, 3.63) is 63.6 Å². The molecule has 1 aromatic carbocycles. The third-order valence-electron chi connectivity index (χ3n) is 3.77. The molecule has 0 radical (unpaired) electrons. The van der Waals surface area contributed by atoms with Crippen LogP contribution in [0.4, 0.5) is 4.39 Å². The molecule has 0 atom stereocenters. The summed E-state index contributed by atoms with van der Waals surface area (Å²) in [6, 6.07) is 10.4. The quantitative estimate of drug-likeness (QED) is 0.741. The van der Waals surface area contributed by atoms with Gasteiger partial charge in [0.05, 0.1) is 11.4 Å². The van der Waals surface area contributed by atoms with Crippen molar-refractivity contribution in [2.24, 2.45) is 0 Å². The van der Waals surface area contributed by atoms with Crippen LogP contribution in [0, 0.1) is 5.82 Å². The number of hydrogen-bond acceptors (Lipinski definition) is 3. The van der Waals surface area contributed by atoms with Crippen LogP contribution >= 0.6 is 11.3 Å². The molecule has 2 aromatic heterocycles. The lowest BCUT2D eigenvalue weighted by Gasteiger charge is -2.00. The number of aromatic nitrogens is 3. The van der Waals surface area contributed by atoms with E-state index in [1.807, 2.05) is 17.5 Å². The van der Waals surface area contributed by atoms with Gasteiger partial charge in [-0.25, -0.2) is 13.9 Å². The normalized spacial score (nSPS) is 14.4. The summed E-state index contributed by atoms with van der Waals surface area (Å²) < 4.78 is 16.3. The maximum Gasteiger partial charge on any atom is 0.346 e. The number of rotatable bonds is 4. The molecule has 2 heterocycles. The first-order chi connectivity index (χ1) is 10.7. The van der Waals surface area contributed by atoms with E-state index in [-0.39, 0.29) is 17.5 Å². The molecule has 1 saturated carbocycles. The molecular formula is C16H14FN3OS. The van der Waals surface area contributed by atoms with Gasteiger partial charge in [-0.15, -0.1) is 16.4 Å². The Hall–Kier alpha value is -2.21. The van der Waals surface area contributed by atoms with Gasteiger partial charge in [0.25, 0.3) is 0 Å². The number of thiophene rings is 1. The van der Waals surface area contributed by atoms with Crippen LogP contribution in [0.3, 0.4) is 0 Å². The molecule has 3 aromatic rings. The number of halogens is 1. The van der Waals surface area contributed by atoms with Gasteiger partial charge in [-0.1, -0.05) is 18.2 Å². The first kappa shape index (κ1) is 13.5. The summed E-state index contributed by atoms with van der Waals surface area (Å²) in [6.07, 6.45) is 2.06. The summed E-state index contributed by atoms with van der Waals surface area (Å²) >= 11 is 1.58. The molecule has 0 N–H and O–H groups in total. The van der Waals surface area contributed by atoms with Gasteiger partial charge in [-0.3, -0.25) is 4.57 Å². The summed E-state index contributed by atoms with van der Waals surface area (Å²) in [6.45, 7) is 0.358. The molecule has 0 spiro atoms. The Kier molecular flexibility index (Phi) is 3.18. The Balaban J connectivity index is 1.75. The fourth-order valence-electron chi connectivity index (χ4n) is 2.52. The number of hydrogen-bond donors (Lipinski definition) is 0. The predicted octanol–water partition coefficient (Wildman–Crippen LogP) is 3.30. The Morgan fingerprint density at radius 2 is 2.00 bits per heavy atom. The van der Waals surface area contributed by atoms with E-state index in [2.05, 4.69) is 5.10 Å². The topological polar surface area (TPSA) is 39.8 Å². The molecule has 22 heavy (non-hydrogen) atoms. The molecule has 6 heteroatoms. The molecule has 1 fully saturated rings. The van der Waals surface area contributed by atoms with Gasteiger partial charge >= 0.3 is 5.69 Å². The lowest BCUT2D eigenvalue weighted by atomic mass is 10.2. The molecule has 0 bridgehead atoms. The summed E-state index contributed by atoms with van der Waals surface area (Å²) in [5, 5.41) is 6.50. The van der Waals surface area contributed by atoms with Gasteiger partial charge < -0.3 is 0 Å². The van der Waals surface area contributed by atoms with Crippen LogP contribution in [-0.2, 0) is 6.54 Å². The molecule has 0 amide bonds. The van der Waals surface area contributed by atoms with E-state index in [0.717, 1.165) is 29.1 Å². The van der Waals surface area contributed by atoms with Crippen LogP contribution in [0.1, 0.15) is 24.4 Å². The lowest BCUT2D eigenvalue weighted by Crippen LogP contribution is -2.25. The van der Waals surface area contributed by atoms with E-state index in [0.29, 0.717) is 6.54 Å². The van der Waals surface area contributed by atoms with Crippen LogP contribution in [-0.4, -0.2) is 14.3 Å². The highest BCUT2D eigenvalue weighted by Gasteiger charge is 2.30. The monoisotopic (exact) mass is 315 g/mol.